The van der Waals surface area contributed by atoms with Crippen molar-refractivity contribution in [2.75, 3.05) is 26.7 Å². The Kier molecular flexibility index (Phi) is 10.1. The largest absolute Gasteiger partial charge is 0.497 e. The summed E-state index contributed by atoms with van der Waals surface area (Å²) in [6.07, 6.45) is 6.99. The lowest BCUT2D eigenvalue weighted by atomic mass is 9.79. The van der Waals surface area contributed by atoms with E-state index in [0.29, 0.717) is 30.1 Å². The van der Waals surface area contributed by atoms with Crippen molar-refractivity contribution in [3.8, 4) is 5.75 Å². The van der Waals surface area contributed by atoms with E-state index in [1.54, 1.807) is 19.4 Å². The topological polar surface area (TPSA) is 62.7 Å². The number of alkyl halides is 1. The number of pyridine rings is 1. The Morgan fingerprint density at radius 2 is 2.03 bits per heavy atom. The average molecular weight is 521 g/mol. The Labute approximate surface area is 226 Å². The third-order valence-electron chi connectivity index (χ3n) is 8.09. The molecule has 4 rings (SSSR count). The summed E-state index contributed by atoms with van der Waals surface area (Å²) in [5.74, 6) is 0.579. The van der Waals surface area contributed by atoms with Crippen LogP contribution in [0.2, 0.25) is 0 Å². The molecule has 1 fully saturated rings. The van der Waals surface area contributed by atoms with Crippen molar-refractivity contribution < 1.29 is 19.0 Å². The maximum absolute atomic E-state index is 15.6. The molecular formula is C32H41FN2O3. The van der Waals surface area contributed by atoms with Crippen LogP contribution in [0, 0.1) is 18.8 Å². The number of likely N-dealkylation sites (tertiary alicyclic amines) is 1. The van der Waals surface area contributed by atoms with E-state index in [9.17, 15) is 9.90 Å². The summed E-state index contributed by atoms with van der Waals surface area (Å²) in [7, 11) is 1.61. The lowest BCUT2D eigenvalue weighted by Crippen LogP contribution is -2.41. The minimum absolute atomic E-state index is 0.177. The summed E-state index contributed by atoms with van der Waals surface area (Å²) < 4.78 is 20.9. The number of hydrogen-bond donors (Lipinski definition) is 1. The number of nitrogens with zero attached hydrogens (tertiary/aromatic N) is 2. The number of benzene rings is 2. The minimum Gasteiger partial charge on any atom is -0.497 e. The number of halogens is 1. The summed E-state index contributed by atoms with van der Waals surface area (Å²) in [5.41, 5.74) is 4.12. The highest BCUT2D eigenvalue weighted by molar-refractivity contribution is 5.83. The second-order valence-electron chi connectivity index (χ2n) is 10.8. The van der Waals surface area contributed by atoms with E-state index in [2.05, 4.69) is 41.1 Å². The van der Waals surface area contributed by atoms with E-state index in [1.807, 2.05) is 18.2 Å². The van der Waals surface area contributed by atoms with Crippen molar-refractivity contribution in [2.24, 2.45) is 11.8 Å². The van der Waals surface area contributed by atoms with Gasteiger partial charge in [0.2, 0.25) is 0 Å². The number of unbranched alkanes of at least 4 members (excludes halogenated alkanes) is 1. The van der Waals surface area contributed by atoms with Crippen molar-refractivity contribution in [1.29, 1.82) is 0 Å². The summed E-state index contributed by atoms with van der Waals surface area (Å²) in [6.45, 7) is 5.09. The maximum atomic E-state index is 15.6. The highest BCUT2D eigenvalue weighted by atomic mass is 19.1. The molecule has 38 heavy (non-hydrogen) atoms. The minimum atomic E-state index is -1.09. The van der Waals surface area contributed by atoms with E-state index >= 15 is 4.39 Å². The van der Waals surface area contributed by atoms with Crippen molar-refractivity contribution in [2.45, 2.75) is 64.5 Å². The number of aliphatic carboxylic acids is 1. The summed E-state index contributed by atoms with van der Waals surface area (Å²) in [5, 5.41) is 10.1. The standard InChI is InChI=1S/C32H41FN2O3/c1-23-6-5-8-24(20-23)7-3-4-18-35-19-16-25(26(22-35)10-14-32(36)37)9-12-30(33)28-15-17-34-31-13-11-27(38-2)21-29(28)31/h5-6,8,11,13,15,17,20-21,25-26,30H,3-4,7,9-10,12,14,16,18-19,22H2,1-2H3,(H,36,37)/t25-,26-,30-/m1/s1. The molecule has 0 radical (unpaired) electrons. The fourth-order valence-electron chi connectivity index (χ4n) is 5.97. The molecule has 0 spiro atoms. The molecule has 0 amide bonds. The number of carboxylic acids is 1. The molecule has 0 aliphatic carbocycles. The van der Waals surface area contributed by atoms with Crippen LogP contribution in [0.4, 0.5) is 4.39 Å². The van der Waals surface area contributed by atoms with Gasteiger partial charge >= 0.3 is 5.97 Å². The van der Waals surface area contributed by atoms with Crippen molar-refractivity contribution in [3.63, 3.8) is 0 Å². The van der Waals surface area contributed by atoms with Gasteiger partial charge in [-0.05, 0) is 112 Å². The summed E-state index contributed by atoms with van der Waals surface area (Å²) >= 11 is 0. The Balaban J connectivity index is 1.32. The normalized spacial score (nSPS) is 18.9. The third kappa shape index (κ3) is 7.76. The third-order valence-corrected chi connectivity index (χ3v) is 8.09. The molecule has 3 atom stereocenters. The van der Waals surface area contributed by atoms with Gasteiger partial charge in [0, 0.05) is 24.5 Å². The van der Waals surface area contributed by atoms with Crippen LogP contribution in [0.1, 0.15) is 67.8 Å². The monoisotopic (exact) mass is 520 g/mol. The number of fused-ring (bicyclic) bond motifs is 1. The molecule has 1 saturated heterocycles. The van der Waals surface area contributed by atoms with Gasteiger partial charge in [0.05, 0.1) is 12.6 Å². The Morgan fingerprint density at radius 1 is 1.16 bits per heavy atom. The molecule has 0 saturated carbocycles. The van der Waals surface area contributed by atoms with Crippen LogP contribution in [0.3, 0.4) is 0 Å². The summed E-state index contributed by atoms with van der Waals surface area (Å²) in [4.78, 5) is 18.2. The predicted octanol–water partition coefficient (Wildman–Crippen LogP) is 7.17. The van der Waals surface area contributed by atoms with Crippen LogP contribution >= 0.6 is 0 Å². The molecular weight excluding hydrogens is 479 g/mol. The quantitative estimate of drug-likeness (QED) is 0.242. The Bertz CT molecular complexity index is 1200. The molecule has 6 heteroatoms. The number of piperidine rings is 1. The summed E-state index contributed by atoms with van der Waals surface area (Å²) in [6, 6.07) is 16.1. The van der Waals surface area contributed by atoms with Crippen LogP contribution < -0.4 is 4.74 Å². The molecule has 1 aliphatic heterocycles. The van der Waals surface area contributed by atoms with Gasteiger partial charge < -0.3 is 14.7 Å². The number of methoxy groups -OCH3 is 1. The van der Waals surface area contributed by atoms with Gasteiger partial charge in [0.15, 0.2) is 0 Å². The van der Waals surface area contributed by atoms with Crippen LogP contribution in [-0.4, -0.2) is 47.7 Å². The average Bonchev–Trinajstić information content (AvgIpc) is 2.92. The first-order valence-electron chi connectivity index (χ1n) is 14.0. The molecule has 204 valence electrons. The second-order valence-corrected chi connectivity index (χ2v) is 10.8. The van der Waals surface area contributed by atoms with Gasteiger partial charge in [0.25, 0.3) is 0 Å². The first-order valence-corrected chi connectivity index (χ1v) is 14.0. The van der Waals surface area contributed by atoms with Crippen LogP contribution in [-0.2, 0) is 11.2 Å². The Morgan fingerprint density at radius 3 is 2.82 bits per heavy atom. The SMILES string of the molecule is COc1ccc2nccc([C@H](F)CC[C@@H]3CCN(CCCCc4cccc(C)c4)C[C@H]3CCC(=O)O)c2c1. The number of ether oxygens (including phenoxy) is 1. The van der Waals surface area contributed by atoms with Crippen molar-refractivity contribution in [3.05, 3.63) is 71.4 Å². The van der Waals surface area contributed by atoms with E-state index in [-0.39, 0.29) is 12.3 Å². The molecule has 0 bridgehead atoms. The first kappa shape index (κ1) is 28.0. The molecule has 5 nitrogen and oxygen atoms in total. The predicted molar refractivity (Wildman–Crippen MR) is 150 cm³/mol. The Hall–Kier alpha value is -2.99. The highest BCUT2D eigenvalue weighted by Gasteiger charge is 2.30. The van der Waals surface area contributed by atoms with Crippen LogP contribution in [0.25, 0.3) is 10.9 Å². The molecule has 1 aromatic heterocycles. The number of hydrogen-bond acceptors (Lipinski definition) is 4. The second kappa shape index (κ2) is 13.7. The number of carboxylic acid groups (broad SMARTS) is 1. The molecule has 2 heterocycles. The number of aryl methyl sites for hydroxylation is 2. The van der Waals surface area contributed by atoms with Crippen LogP contribution in [0.5, 0.6) is 5.75 Å². The molecule has 3 aromatic rings. The highest BCUT2D eigenvalue weighted by Crippen LogP contribution is 2.36. The fraction of sp³-hybridized carbons (Fsp3) is 0.500. The molecule has 0 unspecified atom stereocenters. The van der Waals surface area contributed by atoms with E-state index in [0.717, 1.165) is 62.6 Å². The lowest BCUT2D eigenvalue weighted by Gasteiger charge is -2.39. The van der Waals surface area contributed by atoms with Crippen molar-refractivity contribution >= 4 is 16.9 Å². The van der Waals surface area contributed by atoms with Gasteiger partial charge in [0.1, 0.15) is 11.9 Å². The molecule has 2 aromatic carbocycles. The van der Waals surface area contributed by atoms with E-state index in [4.69, 9.17) is 4.74 Å². The van der Waals surface area contributed by atoms with Crippen LogP contribution in [0.15, 0.2) is 54.7 Å². The van der Waals surface area contributed by atoms with Gasteiger partial charge in [-0.2, -0.15) is 0 Å². The molecule has 1 aliphatic rings. The van der Waals surface area contributed by atoms with Gasteiger partial charge in [-0.25, -0.2) is 4.39 Å². The lowest BCUT2D eigenvalue weighted by molar-refractivity contribution is -0.137. The molecule has 1 N–H and O–H groups in total. The van der Waals surface area contributed by atoms with Crippen molar-refractivity contribution in [1.82, 2.24) is 9.88 Å². The maximum Gasteiger partial charge on any atom is 0.303 e. The number of carbonyl (C=O) groups is 1. The number of aromatic nitrogens is 1. The van der Waals surface area contributed by atoms with Gasteiger partial charge in [-0.3, -0.25) is 9.78 Å². The van der Waals surface area contributed by atoms with Gasteiger partial charge in [-0.15, -0.1) is 0 Å². The smallest absolute Gasteiger partial charge is 0.303 e. The van der Waals surface area contributed by atoms with Gasteiger partial charge in [-0.1, -0.05) is 29.8 Å². The zero-order valence-corrected chi connectivity index (χ0v) is 22.7. The zero-order valence-electron chi connectivity index (χ0n) is 22.7. The zero-order chi connectivity index (χ0) is 26.9. The fourth-order valence-corrected chi connectivity index (χ4v) is 5.97. The van der Waals surface area contributed by atoms with E-state index in [1.165, 1.54) is 11.1 Å². The number of rotatable bonds is 13. The first-order chi connectivity index (χ1) is 18.4. The van der Waals surface area contributed by atoms with E-state index < -0.39 is 12.1 Å².